The van der Waals surface area contributed by atoms with Crippen LogP contribution in [-0.2, 0) is 12.7 Å². The van der Waals surface area contributed by atoms with Gasteiger partial charge in [-0.25, -0.2) is 4.98 Å². The van der Waals surface area contributed by atoms with Crippen molar-refractivity contribution in [1.82, 2.24) is 9.88 Å². The smallest absolute Gasteiger partial charge is 0.368 e. The number of pyridine rings is 1. The molecular formula is C17H17F3N4. The third-order valence-corrected chi connectivity index (χ3v) is 3.39. The summed E-state index contributed by atoms with van der Waals surface area (Å²) in [6, 6.07) is 13.6. The van der Waals surface area contributed by atoms with Crippen molar-refractivity contribution >= 4 is 5.82 Å². The molecule has 0 aliphatic carbocycles. The molecule has 1 N–H and O–H groups in total. The zero-order valence-electron chi connectivity index (χ0n) is 13.1. The van der Waals surface area contributed by atoms with Crippen molar-refractivity contribution in [2.24, 2.45) is 0 Å². The van der Waals surface area contributed by atoms with Gasteiger partial charge in [0.1, 0.15) is 17.6 Å². The molecule has 1 heterocycles. The maximum atomic E-state index is 12.7. The van der Waals surface area contributed by atoms with E-state index in [4.69, 9.17) is 5.26 Å². The van der Waals surface area contributed by atoms with E-state index in [1.54, 1.807) is 0 Å². The van der Waals surface area contributed by atoms with Crippen LogP contribution in [0.25, 0.3) is 0 Å². The van der Waals surface area contributed by atoms with Gasteiger partial charge in [0.15, 0.2) is 0 Å². The van der Waals surface area contributed by atoms with Crippen LogP contribution >= 0.6 is 0 Å². The first kappa shape index (κ1) is 17.8. The van der Waals surface area contributed by atoms with Gasteiger partial charge in [0, 0.05) is 19.6 Å². The molecule has 7 heteroatoms. The number of likely N-dealkylation sites (N-methyl/N-ethyl adjacent to an activating group) is 1. The Balaban J connectivity index is 1.95. The third kappa shape index (κ3) is 4.96. The Morgan fingerprint density at radius 2 is 1.88 bits per heavy atom. The van der Waals surface area contributed by atoms with Gasteiger partial charge >= 0.3 is 6.18 Å². The topological polar surface area (TPSA) is 52.0 Å². The number of hydrogen-bond donors (Lipinski definition) is 1. The molecule has 126 valence electrons. The van der Waals surface area contributed by atoms with E-state index < -0.39 is 11.9 Å². The Labute approximate surface area is 138 Å². The van der Waals surface area contributed by atoms with Crippen LogP contribution in [0.4, 0.5) is 19.0 Å². The average molecular weight is 334 g/mol. The molecule has 1 aromatic heterocycles. The van der Waals surface area contributed by atoms with Crippen LogP contribution in [0.15, 0.2) is 42.5 Å². The molecule has 0 aliphatic rings. The summed E-state index contributed by atoms with van der Waals surface area (Å²) in [7, 11) is 1.92. The highest BCUT2D eigenvalue weighted by molar-refractivity contribution is 5.52. The van der Waals surface area contributed by atoms with Gasteiger partial charge in [0.25, 0.3) is 0 Å². The van der Waals surface area contributed by atoms with Crippen LogP contribution in [-0.4, -0.2) is 30.0 Å². The molecular weight excluding hydrogens is 317 g/mol. The minimum Gasteiger partial charge on any atom is -0.368 e. The molecule has 0 spiro atoms. The zero-order chi connectivity index (χ0) is 17.6. The minimum absolute atomic E-state index is 0.0413. The number of halogens is 3. The van der Waals surface area contributed by atoms with E-state index in [9.17, 15) is 13.2 Å². The van der Waals surface area contributed by atoms with Crippen molar-refractivity contribution in [3.8, 4) is 6.07 Å². The predicted octanol–water partition coefficient (Wildman–Crippen LogP) is 3.52. The highest BCUT2D eigenvalue weighted by Crippen LogP contribution is 2.29. The first-order valence-corrected chi connectivity index (χ1v) is 7.35. The van der Waals surface area contributed by atoms with Crippen LogP contribution in [0, 0.1) is 11.3 Å². The van der Waals surface area contributed by atoms with Crippen LogP contribution in [0.1, 0.15) is 16.8 Å². The quantitative estimate of drug-likeness (QED) is 0.878. The van der Waals surface area contributed by atoms with Crippen LogP contribution in [0.5, 0.6) is 0 Å². The molecule has 0 aliphatic heterocycles. The third-order valence-electron chi connectivity index (χ3n) is 3.39. The summed E-state index contributed by atoms with van der Waals surface area (Å²) in [5.74, 6) is -0.0413. The number of anilines is 1. The molecule has 4 nitrogen and oxygen atoms in total. The van der Waals surface area contributed by atoms with Crippen molar-refractivity contribution < 1.29 is 13.2 Å². The lowest BCUT2D eigenvalue weighted by Crippen LogP contribution is -2.25. The Hall–Kier alpha value is -2.59. The second-order valence-corrected chi connectivity index (χ2v) is 5.35. The van der Waals surface area contributed by atoms with E-state index in [0.29, 0.717) is 13.1 Å². The number of nitrogens with one attached hydrogen (secondary N) is 1. The fraction of sp³-hybridized carbons (Fsp3) is 0.294. The number of aromatic nitrogens is 1. The van der Waals surface area contributed by atoms with E-state index in [2.05, 4.69) is 10.3 Å². The second kappa shape index (κ2) is 7.79. The van der Waals surface area contributed by atoms with E-state index >= 15 is 0 Å². The standard InChI is InChI=1S/C17H17F3N4/c1-24(12-13-5-3-2-4-6-13)10-9-22-16-14(11-21)7-8-15(23-16)17(18,19)20/h2-8H,9-10,12H2,1H3,(H,22,23). The summed E-state index contributed by atoms with van der Waals surface area (Å²) in [4.78, 5) is 5.55. The second-order valence-electron chi connectivity index (χ2n) is 5.35. The fourth-order valence-electron chi connectivity index (χ4n) is 2.18. The summed E-state index contributed by atoms with van der Waals surface area (Å²) in [5.41, 5.74) is 0.227. The van der Waals surface area contributed by atoms with Crippen LogP contribution in [0.3, 0.4) is 0 Å². The summed E-state index contributed by atoms with van der Waals surface area (Å²) in [6.07, 6.45) is -4.53. The van der Waals surface area contributed by atoms with Crippen LogP contribution < -0.4 is 5.32 Å². The molecule has 0 saturated heterocycles. The lowest BCUT2D eigenvalue weighted by atomic mass is 10.2. The lowest BCUT2D eigenvalue weighted by Gasteiger charge is -2.18. The van der Waals surface area contributed by atoms with E-state index in [-0.39, 0.29) is 11.4 Å². The average Bonchev–Trinajstić information content (AvgIpc) is 2.55. The Morgan fingerprint density at radius 3 is 2.50 bits per heavy atom. The number of nitrogens with zero attached hydrogens (tertiary/aromatic N) is 3. The number of rotatable bonds is 6. The van der Waals surface area contributed by atoms with Crippen molar-refractivity contribution in [3.05, 3.63) is 59.3 Å². The largest absolute Gasteiger partial charge is 0.433 e. The maximum Gasteiger partial charge on any atom is 0.433 e. The van der Waals surface area contributed by atoms with Gasteiger partial charge < -0.3 is 10.2 Å². The van der Waals surface area contributed by atoms with Gasteiger partial charge in [0.2, 0.25) is 0 Å². The van der Waals surface area contributed by atoms with Crippen LogP contribution in [0.2, 0.25) is 0 Å². The molecule has 24 heavy (non-hydrogen) atoms. The van der Waals surface area contributed by atoms with Gasteiger partial charge in [-0.15, -0.1) is 0 Å². The van der Waals surface area contributed by atoms with E-state index in [1.807, 2.05) is 48.3 Å². The molecule has 0 atom stereocenters. The predicted molar refractivity (Wildman–Crippen MR) is 85.2 cm³/mol. The van der Waals surface area contributed by atoms with E-state index in [0.717, 1.165) is 24.2 Å². The summed E-state index contributed by atoms with van der Waals surface area (Å²) < 4.78 is 38.1. The summed E-state index contributed by atoms with van der Waals surface area (Å²) >= 11 is 0. The molecule has 2 rings (SSSR count). The van der Waals surface area contributed by atoms with Gasteiger partial charge in [-0.2, -0.15) is 18.4 Å². The zero-order valence-corrected chi connectivity index (χ0v) is 13.1. The van der Waals surface area contributed by atoms with Gasteiger partial charge in [0.05, 0.1) is 5.56 Å². The molecule has 0 radical (unpaired) electrons. The van der Waals surface area contributed by atoms with Crippen molar-refractivity contribution in [3.63, 3.8) is 0 Å². The maximum absolute atomic E-state index is 12.7. The molecule has 1 aromatic carbocycles. The molecule has 0 bridgehead atoms. The first-order valence-electron chi connectivity index (χ1n) is 7.35. The number of hydrogen-bond acceptors (Lipinski definition) is 4. The van der Waals surface area contributed by atoms with Gasteiger partial charge in [-0.1, -0.05) is 30.3 Å². The normalized spacial score (nSPS) is 11.3. The van der Waals surface area contributed by atoms with E-state index in [1.165, 1.54) is 0 Å². The number of nitriles is 1. The SMILES string of the molecule is CN(CCNc1nc(C(F)(F)F)ccc1C#N)Cc1ccccc1. The van der Waals surface area contributed by atoms with Gasteiger partial charge in [-0.3, -0.25) is 0 Å². The van der Waals surface area contributed by atoms with Crippen molar-refractivity contribution in [2.45, 2.75) is 12.7 Å². The fourth-order valence-corrected chi connectivity index (χ4v) is 2.18. The molecule has 0 unspecified atom stereocenters. The highest BCUT2D eigenvalue weighted by Gasteiger charge is 2.33. The minimum atomic E-state index is -4.53. The molecule has 2 aromatic rings. The summed E-state index contributed by atoms with van der Waals surface area (Å²) in [5, 5.41) is 11.8. The lowest BCUT2D eigenvalue weighted by molar-refractivity contribution is -0.141. The monoisotopic (exact) mass is 334 g/mol. The Bertz CT molecular complexity index is 708. The van der Waals surface area contributed by atoms with Gasteiger partial charge in [-0.05, 0) is 24.7 Å². The Morgan fingerprint density at radius 1 is 1.17 bits per heavy atom. The highest BCUT2D eigenvalue weighted by atomic mass is 19.4. The number of alkyl halides is 3. The number of benzene rings is 1. The molecule has 0 saturated carbocycles. The molecule has 0 amide bonds. The Kier molecular flexibility index (Phi) is 5.77. The van der Waals surface area contributed by atoms with Crippen molar-refractivity contribution in [1.29, 1.82) is 5.26 Å². The first-order chi connectivity index (χ1) is 11.4. The molecule has 0 fully saturated rings. The summed E-state index contributed by atoms with van der Waals surface area (Å²) in [6.45, 7) is 1.70. The van der Waals surface area contributed by atoms with Crippen molar-refractivity contribution in [2.75, 3.05) is 25.5 Å².